The van der Waals surface area contributed by atoms with Crippen molar-refractivity contribution in [2.24, 2.45) is 0 Å². The molecule has 1 N–H and O–H groups in total. The van der Waals surface area contributed by atoms with Crippen molar-refractivity contribution in [1.29, 1.82) is 0 Å². The third kappa shape index (κ3) is 2.43. The highest BCUT2D eigenvalue weighted by Crippen LogP contribution is 2.07. The maximum Gasteiger partial charge on any atom is 0.245 e. The summed E-state index contributed by atoms with van der Waals surface area (Å²) in [6.45, 7) is 1.35. The molecular formula is C9H15FN2O2. The van der Waals surface area contributed by atoms with Gasteiger partial charge in [-0.25, -0.2) is 4.39 Å². The molecule has 1 heterocycles. The lowest BCUT2D eigenvalue weighted by molar-refractivity contribution is -0.144. The van der Waals surface area contributed by atoms with E-state index < -0.39 is 12.7 Å². The molecule has 0 bridgehead atoms. The van der Waals surface area contributed by atoms with E-state index in [1.54, 1.807) is 0 Å². The number of piperazine rings is 1. The Morgan fingerprint density at radius 1 is 1.57 bits per heavy atom. The predicted octanol–water partition coefficient (Wildman–Crippen LogP) is 0.0830. The standard InChI is InChI=1S/C9H15FN2O2/c1-2-3-7-9(14)12(5-4-10)6-8(13)11-7/h7H,2-6H2,1H3,(H,11,13). The van der Waals surface area contributed by atoms with E-state index in [0.29, 0.717) is 6.42 Å². The van der Waals surface area contributed by atoms with Crippen LogP contribution in [0, 0.1) is 0 Å². The van der Waals surface area contributed by atoms with Crippen LogP contribution in [0.3, 0.4) is 0 Å². The molecule has 0 spiro atoms. The van der Waals surface area contributed by atoms with Crippen LogP contribution in [-0.4, -0.2) is 42.5 Å². The van der Waals surface area contributed by atoms with E-state index in [9.17, 15) is 14.0 Å². The maximum absolute atomic E-state index is 12.1. The van der Waals surface area contributed by atoms with Crippen molar-refractivity contribution in [2.45, 2.75) is 25.8 Å². The summed E-state index contributed by atoms with van der Waals surface area (Å²) in [5.74, 6) is -0.361. The normalized spacial score (nSPS) is 22.4. The van der Waals surface area contributed by atoms with Gasteiger partial charge in [-0.1, -0.05) is 13.3 Å². The van der Waals surface area contributed by atoms with Crippen molar-refractivity contribution in [2.75, 3.05) is 19.8 Å². The number of carbonyl (C=O) groups excluding carboxylic acids is 2. The van der Waals surface area contributed by atoms with Crippen molar-refractivity contribution < 1.29 is 14.0 Å². The third-order valence-corrected chi connectivity index (χ3v) is 2.21. The highest BCUT2D eigenvalue weighted by Gasteiger charge is 2.31. The van der Waals surface area contributed by atoms with E-state index >= 15 is 0 Å². The number of alkyl halides is 1. The first-order valence-electron chi connectivity index (χ1n) is 4.83. The summed E-state index contributed by atoms with van der Waals surface area (Å²) in [5.41, 5.74) is 0. The minimum Gasteiger partial charge on any atom is -0.343 e. The van der Waals surface area contributed by atoms with E-state index in [4.69, 9.17) is 0 Å². The van der Waals surface area contributed by atoms with Crippen LogP contribution in [0.25, 0.3) is 0 Å². The average molecular weight is 202 g/mol. The zero-order chi connectivity index (χ0) is 10.6. The van der Waals surface area contributed by atoms with Crippen LogP contribution in [-0.2, 0) is 9.59 Å². The van der Waals surface area contributed by atoms with Gasteiger partial charge in [-0.05, 0) is 6.42 Å². The largest absolute Gasteiger partial charge is 0.343 e. The predicted molar refractivity (Wildman–Crippen MR) is 49.4 cm³/mol. The fraction of sp³-hybridized carbons (Fsp3) is 0.778. The highest BCUT2D eigenvalue weighted by molar-refractivity contribution is 5.94. The van der Waals surface area contributed by atoms with Crippen LogP contribution in [0.5, 0.6) is 0 Å². The lowest BCUT2D eigenvalue weighted by Crippen LogP contribution is -2.58. The molecule has 1 aliphatic rings. The van der Waals surface area contributed by atoms with E-state index in [-0.39, 0.29) is 24.9 Å². The molecule has 0 aliphatic carbocycles. The second-order valence-corrected chi connectivity index (χ2v) is 3.36. The molecule has 1 saturated heterocycles. The first-order chi connectivity index (χ1) is 6.69. The van der Waals surface area contributed by atoms with Gasteiger partial charge in [-0.15, -0.1) is 0 Å². The molecule has 0 radical (unpaired) electrons. The molecule has 0 aromatic carbocycles. The Balaban J connectivity index is 2.60. The second kappa shape index (κ2) is 4.93. The number of halogens is 1. The monoisotopic (exact) mass is 202 g/mol. The van der Waals surface area contributed by atoms with Crippen molar-refractivity contribution in [1.82, 2.24) is 10.2 Å². The van der Waals surface area contributed by atoms with Gasteiger partial charge in [-0.3, -0.25) is 9.59 Å². The molecule has 1 rings (SSSR count). The first-order valence-corrected chi connectivity index (χ1v) is 4.83. The summed E-state index contributed by atoms with van der Waals surface area (Å²) >= 11 is 0. The Morgan fingerprint density at radius 3 is 2.86 bits per heavy atom. The Labute approximate surface area is 82.5 Å². The van der Waals surface area contributed by atoms with Gasteiger partial charge in [0.2, 0.25) is 11.8 Å². The molecule has 14 heavy (non-hydrogen) atoms. The molecule has 1 atom stereocenters. The molecule has 1 fully saturated rings. The summed E-state index contributed by atoms with van der Waals surface area (Å²) in [7, 11) is 0. The van der Waals surface area contributed by atoms with Gasteiger partial charge < -0.3 is 10.2 Å². The SMILES string of the molecule is CCCC1NC(=O)CN(CCF)C1=O. The van der Waals surface area contributed by atoms with Gasteiger partial charge in [-0.2, -0.15) is 0 Å². The topological polar surface area (TPSA) is 49.4 Å². The van der Waals surface area contributed by atoms with Crippen LogP contribution < -0.4 is 5.32 Å². The Morgan fingerprint density at radius 2 is 2.29 bits per heavy atom. The van der Waals surface area contributed by atoms with Gasteiger partial charge in [0, 0.05) is 6.54 Å². The van der Waals surface area contributed by atoms with Gasteiger partial charge in [0.1, 0.15) is 12.7 Å². The minimum absolute atomic E-state index is 0.0109. The number of carbonyl (C=O) groups is 2. The summed E-state index contributed by atoms with van der Waals surface area (Å²) in [6, 6.07) is -0.451. The number of rotatable bonds is 4. The van der Waals surface area contributed by atoms with Gasteiger partial charge in [0.15, 0.2) is 0 Å². The number of nitrogens with zero attached hydrogens (tertiary/aromatic N) is 1. The fourth-order valence-corrected chi connectivity index (χ4v) is 1.55. The van der Waals surface area contributed by atoms with Crippen molar-refractivity contribution in [3.8, 4) is 0 Å². The Hall–Kier alpha value is -1.13. The summed E-state index contributed by atoms with van der Waals surface area (Å²) in [5, 5.41) is 2.60. The second-order valence-electron chi connectivity index (χ2n) is 3.36. The van der Waals surface area contributed by atoms with E-state index in [0.717, 1.165) is 6.42 Å². The highest BCUT2D eigenvalue weighted by atomic mass is 19.1. The van der Waals surface area contributed by atoms with Gasteiger partial charge in [0.05, 0.1) is 6.54 Å². The van der Waals surface area contributed by atoms with Crippen LogP contribution >= 0.6 is 0 Å². The minimum atomic E-state index is -0.599. The van der Waals surface area contributed by atoms with E-state index in [1.165, 1.54) is 4.90 Å². The summed E-state index contributed by atoms with van der Waals surface area (Å²) < 4.78 is 12.1. The van der Waals surface area contributed by atoms with Crippen LogP contribution in [0.2, 0.25) is 0 Å². The number of hydrogen-bond donors (Lipinski definition) is 1. The molecule has 2 amide bonds. The number of amides is 2. The summed E-state index contributed by atoms with van der Waals surface area (Å²) in [6.07, 6.45) is 1.44. The average Bonchev–Trinajstić information content (AvgIpc) is 2.14. The molecule has 5 heteroatoms. The zero-order valence-electron chi connectivity index (χ0n) is 8.25. The van der Waals surface area contributed by atoms with Crippen LogP contribution in [0.15, 0.2) is 0 Å². The smallest absolute Gasteiger partial charge is 0.245 e. The maximum atomic E-state index is 12.1. The molecule has 0 saturated carbocycles. The van der Waals surface area contributed by atoms with Gasteiger partial charge in [0.25, 0.3) is 0 Å². The number of hydrogen-bond acceptors (Lipinski definition) is 2. The van der Waals surface area contributed by atoms with Crippen LogP contribution in [0.4, 0.5) is 4.39 Å². The molecular weight excluding hydrogens is 187 g/mol. The molecule has 1 unspecified atom stereocenters. The lowest BCUT2D eigenvalue weighted by Gasteiger charge is -2.31. The van der Waals surface area contributed by atoms with Crippen molar-refractivity contribution in [3.05, 3.63) is 0 Å². The van der Waals surface area contributed by atoms with E-state index in [1.807, 2.05) is 6.92 Å². The van der Waals surface area contributed by atoms with Crippen molar-refractivity contribution in [3.63, 3.8) is 0 Å². The molecule has 4 nitrogen and oxygen atoms in total. The summed E-state index contributed by atoms with van der Waals surface area (Å²) in [4.78, 5) is 24.0. The Bertz CT molecular complexity index is 213. The first kappa shape index (κ1) is 10.9. The number of nitrogens with one attached hydrogen (secondary N) is 1. The Kier molecular flexibility index (Phi) is 3.85. The molecule has 1 aliphatic heterocycles. The quantitative estimate of drug-likeness (QED) is 0.702. The zero-order valence-corrected chi connectivity index (χ0v) is 8.25. The molecule has 0 aromatic heterocycles. The van der Waals surface area contributed by atoms with Gasteiger partial charge >= 0.3 is 0 Å². The lowest BCUT2D eigenvalue weighted by atomic mass is 10.1. The third-order valence-electron chi connectivity index (χ3n) is 2.21. The molecule has 0 aromatic rings. The van der Waals surface area contributed by atoms with Crippen molar-refractivity contribution >= 4 is 11.8 Å². The molecule has 80 valence electrons. The van der Waals surface area contributed by atoms with Crippen LogP contribution in [0.1, 0.15) is 19.8 Å². The van der Waals surface area contributed by atoms with E-state index in [2.05, 4.69) is 5.32 Å². The fourth-order valence-electron chi connectivity index (χ4n) is 1.55.